The third-order valence-corrected chi connectivity index (χ3v) is 6.79. The van der Waals surface area contributed by atoms with Gasteiger partial charge in [-0.1, -0.05) is 30.0 Å². The number of aromatic nitrogens is 1. The molecule has 6 nitrogen and oxygen atoms in total. The average Bonchev–Trinajstić information content (AvgIpc) is 3.51. The maximum Gasteiger partial charge on any atom is 0.253 e. The molecular weight excluding hydrogens is 406 g/mol. The number of carbonyl (C=O) groups is 1. The lowest BCUT2D eigenvalue weighted by molar-refractivity contribution is -0.130. The van der Waals surface area contributed by atoms with Gasteiger partial charge >= 0.3 is 0 Å². The molecule has 0 bridgehead atoms. The summed E-state index contributed by atoms with van der Waals surface area (Å²) >= 11 is 2.97. The molecule has 1 aliphatic heterocycles. The van der Waals surface area contributed by atoms with Crippen molar-refractivity contribution in [3.8, 4) is 0 Å². The Morgan fingerprint density at radius 1 is 1.31 bits per heavy atom. The van der Waals surface area contributed by atoms with Gasteiger partial charge in [0.15, 0.2) is 10.1 Å². The average molecular weight is 424 g/mol. The smallest absolute Gasteiger partial charge is 0.253 e. The van der Waals surface area contributed by atoms with Crippen LogP contribution in [0.3, 0.4) is 0 Å². The van der Waals surface area contributed by atoms with Gasteiger partial charge in [0.2, 0.25) is 0 Å². The summed E-state index contributed by atoms with van der Waals surface area (Å²) in [6.45, 7) is 1.94. The van der Waals surface area contributed by atoms with Gasteiger partial charge in [-0.15, -0.1) is 11.3 Å². The van der Waals surface area contributed by atoms with Crippen LogP contribution in [-0.2, 0) is 4.79 Å². The second-order valence-corrected chi connectivity index (χ2v) is 8.79. The third kappa shape index (κ3) is 3.61. The van der Waals surface area contributed by atoms with Crippen LogP contribution in [0.1, 0.15) is 29.7 Å². The molecule has 1 aromatic carbocycles. The van der Waals surface area contributed by atoms with Crippen LogP contribution in [0.2, 0.25) is 0 Å². The lowest BCUT2D eigenvalue weighted by atomic mass is 10.1. The first-order chi connectivity index (χ1) is 14.2. The lowest BCUT2D eigenvalue weighted by Gasteiger charge is -2.19. The number of rotatable bonds is 5. The fourth-order valence-corrected chi connectivity index (χ4v) is 5.01. The number of hydrazone groups is 1. The topological polar surface area (TPSA) is 71.8 Å². The SMILES string of the molecule is Cc1csc(SCC(=O)N2N=C(c3cc4ccccc4o3)C[C@@H]2c2ccco2)n1. The van der Waals surface area contributed by atoms with Gasteiger partial charge in [-0.05, 0) is 31.2 Å². The van der Waals surface area contributed by atoms with E-state index in [9.17, 15) is 4.79 Å². The van der Waals surface area contributed by atoms with Gasteiger partial charge in [-0.2, -0.15) is 5.10 Å². The van der Waals surface area contributed by atoms with Crippen molar-refractivity contribution in [1.82, 2.24) is 9.99 Å². The maximum atomic E-state index is 13.0. The second kappa shape index (κ2) is 7.53. The van der Waals surface area contributed by atoms with Crippen molar-refractivity contribution in [3.05, 3.63) is 71.3 Å². The summed E-state index contributed by atoms with van der Waals surface area (Å²) in [7, 11) is 0. The Kier molecular flexibility index (Phi) is 4.73. The van der Waals surface area contributed by atoms with Gasteiger partial charge in [-0.3, -0.25) is 4.79 Å². The lowest BCUT2D eigenvalue weighted by Crippen LogP contribution is -2.28. The van der Waals surface area contributed by atoms with Crippen molar-refractivity contribution in [1.29, 1.82) is 0 Å². The van der Waals surface area contributed by atoms with Crippen LogP contribution in [-0.4, -0.2) is 27.4 Å². The standard InChI is InChI=1S/C21H17N3O3S2/c1-13-11-28-21(22-13)29-12-20(25)24-16(18-7-4-8-26-18)10-15(23-24)19-9-14-5-2-3-6-17(14)27-19/h2-9,11,16H,10,12H2,1H3/t16-/m1/s1. The molecule has 0 saturated heterocycles. The molecule has 1 aliphatic rings. The first-order valence-electron chi connectivity index (χ1n) is 9.14. The summed E-state index contributed by atoms with van der Waals surface area (Å²) in [6.07, 6.45) is 2.16. The number of nitrogens with zero attached hydrogens (tertiary/aromatic N) is 3. The van der Waals surface area contributed by atoms with Crippen LogP contribution in [0, 0.1) is 6.92 Å². The van der Waals surface area contributed by atoms with Crippen LogP contribution in [0.15, 0.2) is 72.4 Å². The molecule has 5 rings (SSSR count). The van der Waals surface area contributed by atoms with E-state index >= 15 is 0 Å². The molecule has 0 N–H and O–H groups in total. The Morgan fingerprint density at radius 2 is 2.21 bits per heavy atom. The van der Waals surface area contributed by atoms with Gasteiger partial charge in [0.05, 0.1) is 12.0 Å². The van der Waals surface area contributed by atoms with E-state index in [0.29, 0.717) is 17.9 Å². The Hall–Kier alpha value is -2.84. The summed E-state index contributed by atoms with van der Waals surface area (Å²) in [5.74, 6) is 1.57. The summed E-state index contributed by atoms with van der Waals surface area (Å²) in [5, 5.41) is 9.14. The van der Waals surface area contributed by atoms with Crippen LogP contribution >= 0.6 is 23.1 Å². The first-order valence-corrected chi connectivity index (χ1v) is 11.0. The summed E-state index contributed by atoms with van der Waals surface area (Å²) < 4.78 is 12.4. The van der Waals surface area contributed by atoms with Crippen molar-refractivity contribution in [2.24, 2.45) is 5.10 Å². The zero-order chi connectivity index (χ0) is 19.8. The van der Waals surface area contributed by atoms with Crippen molar-refractivity contribution in [3.63, 3.8) is 0 Å². The molecule has 0 unspecified atom stereocenters. The number of carbonyl (C=O) groups excluding carboxylic acids is 1. The second-order valence-electron chi connectivity index (χ2n) is 6.71. The molecule has 1 atom stereocenters. The minimum Gasteiger partial charge on any atom is -0.467 e. The van der Waals surface area contributed by atoms with Gasteiger partial charge in [0.1, 0.15) is 23.1 Å². The molecule has 0 fully saturated rings. The number of amides is 1. The molecule has 1 amide bonds. The molecule has 0 spiro atoms. The fourth-order valence-electron chi connectivity index (χ4n) is 3.30. The van der Waals surface area contributed by atoms with Crippen LogP contribution < -0.4 is 0 Å². The number of hydrogen-bond acceptors (Lipinski definition) is 7. The maximum absolute atomic E-state index is 13.0. The normalized spacial score (nSPS) is 16.5. The zero-order valence-corrected chi connectivity index (χ0v) is 17.2. The van der Waals surface area contributed by atoms with E-state index in [1.165, 1.54) is 16.8 Å². The number of fused-ring (bicyclic) bond motifs is 1. The predicted octanol–water partition coefficient (Wildman–Crippen LogP) is 5.26. The number of thiazole rings is 1. The highest BCUT2D eigenvalue weighted by Crippen LogP contribution is 2.35. The Bertz CT molecular complexity index is 1160. The molecule has 3 aromatic heterocycles. The number of thioether (sulfide) groups is 1. The van der Waals surface area contributed by atoms with Crippen molar-refractivity contribution >= 4 is 45.7 Å². The molecule has 0 radical (unpaired) electrons. The first kappa shape index (κ1) is 18.2. The molecule has 4 heterocycles. The minimum atomic E-state index is -0.278. The molecule has 4 aromatic rings. The van der Waals surface area contributed by atoms with Crippen molar-refractivity contribution < 1.29 is 13.6 Å². The number of furan rings is 2. The Morgan fingerprint density at radius 3 is 2.97 bits per heavy atom. The largest absolute Gasteiger partial charge is 0.467 e. The monoisotopic (exact) mass is 423 g/mol. The van der Waals surface area contributed by atoms with E-state index < -0.39 is 0 Å². The van der Waals surface area contributed by atoms with E-state index in [4.69, 9.17) is 8.83 Å². The van der Waals surface area contributed by atoms with E-state index in [0.717, 1.165) is 26.7 Å². The van der Waals surface area contributed by atoms with E-state index in [2.05, 4.69) is 10.1 Å². The quantitative estimate of drug-likeness (QED) is 0.409. The highest BCUT2D eigenvalue weighted by Gasteiger charge is 2.36. The van der Waals surface area contributed by atoms with Crippen LogP contribution in [0.25, 0.3) is 11.0 Å². The molecular formula is C21H17N3O3S2. The van der Waals surface area contributed by atoms with Crippen LogP contribution in [0.5, 0.6) is 0 Å². The minimum absolute atomic E-state index is 0.0876. The fraction of sp³-hybridized carbons (Fsp3) is 0.190. The molecule has 146 valence electrons. The highest BCUT2D eigenvalue weighted by atomic mass is 32.2. The van der Waals surface area contributed by atoms with Crippen molar-refractivity contribution in [2.45, 2.75) is 23.7 Å². The molecule has 8 heteroatoms. The summed E-state index contributed by atoms with van der Waals surface area (Å²) in [5.41, 5.74) is 2.51. The van der Waals surface area contributed by atoms with Gasteiger partial charge in [0, 0.05) is 22.9 Å². The molecule has 0 aliphatic carbocycles. The summed E-state index contributed by atoms with van der Waals surface area (Å²) in [6, 6.07) is 13.2. The molecule has 29 heavy (non-hydrogen) atoms. The number of aryl methyl sites for hydroxylation is 1. The van der Waals surface area contributed by atoms with E-state index in [1.54, 1.807) is 17.6 Å². The van der Waals surface area contributed by atoms with Crippen molar-refractivity contribution in [2.75, 3.05) is 5.75 Å². The van der Waals surface area contributed by atoms with Crippen LogP contribution in [0.4, 0.5) is 0 Å². The predicted molar refractivity (Wildman–Crippen MR) is 113 cm³/mol. The van der Waals surface area contributed by atoms with Gasteiger partial charge < -0.3 is 8.83 Å². The third-order valence-electron chi connectivity index (χ3n) is 4.66. The zero-order valence-electron chi connectivity index (χ0n) is 15.6. The van der Waals surface area contributed by atoms with E-state index in [1.807, 2.05) is 54.8 Å². The Labute approximate surface area is 175 Å². The van der Waals surface area contributed by atoms with Gasteiger partial charge in [-0.25, -0.2) is 9.99 Å². The number of benzene rings is 1. The number of hydrogen-bond donors (Lipinski definition) is 0. The van der Waals surface area contributed by atoms with Gasteiger partial charge in [0.25, 0.3) is 5.91 Å². The summed E-state index contributed by atoms with van der Waals surface area (Å²) in [4.78, 5) is 17.4. The van der Waals surface area contributed by atoms with E-state index in [-0.39, 0.29) is 17.7 Å². The molecule has 0 saturated carbocycles. The highest BCUT2D eigenvalue weighted by molar-refractivity contribution is 8.01. The Balaban J connectivity index is 1.42. The number of para-hydroxylation sites is 1.